The first kappa shape index (κ1) is 13.9. The molecule has 0 saturated carbocycles. The number of H-pyrrole nitrogens is 1. The number of allylic oxidation sites excluding steroid dienone is 3. The molecule has 0 amide bonds. The number of hydrogen-bond donors (Lipinski definition) is 1. The fraction of sp³-hybridized carbons (Fsp3) is 0.118. The normalized spacial score (nSPS) is 11.1. The molecule has 2 rings (SSSR count). The minimum absolute atomic E-state index is 0.594. The molecule has 0 spiro atoms. The van der Waals surface area contributed by atoms with Crippen molar-refractivity contribution in [2.75, 3.05) is 6.61 Å². The van der Waals surface area contributed by atoms with Crippen LogP contribution >= 0.6 is 0 Å². The summed E-state index contributed by atoms with van der Waals surface area (Å²) in [6.07, 6.45) is 9.77. The van der Waals surface area contributed by atoms with Gasteiger partial charge in [-0.15, -0.1) is 0 Å². The average molecular weight is 266 g/mol. The third-order valence-corrected chi connectivity index (χ3v) is 2.92. The van der Waals surface area contributed by atoms with Crippen LogP contribution in [0.1, 0.15) is 6.42 Å². The Hall–Kier alpha value is -2.55. The van der Waals surface area contributed by atoms with E-state index in [1.54, 1.807) is 18.6 Å². The summed E-state index contributed by atoms with van der Waals surface area (Å²) in [5.41, 5.74) is 3.07. The van der Waals surface area contributed by atoms with E-state index in [1.165, 1.54) is 0 Å². The number of ether oxygens (including phenoxy) is 1. The van der Waals surface area contributed by atoms with Gasteiger partial charge in [0.05, 0.1) is 24.8 Å². The van der Waals surface area contributed by atoms with Gasteiger partial charge in [-0.2, -0.15) is 0 Å². The van der Waals surface area contributed by atoms with Crippen LogP contribution in [0.5, 0.6) is 5.75 Å². The molecule has 0 aliphatic carbocycles. The van der Waals surface area contributed by atoms with E-state index in [4.69, 9.17) is 4.74 Å². The molecule has 1 N–H and O–H groups in total. The summed E-state index contributed by atoms with van der Waals surface area (Å²) >= 11 is 0. The van der Waals surface area contributed by atoms with Crippen molar-refractivity contribution >= 4 is 0 Å². The van der Waals surface area contributed by atoms with E-state index in [0.29, 0.717) is 6.61 Å². The predicted molar refractivity (Wildman–Crippen MR) is 82.6 cm³/mol. The highest BCUT2D eigenvalue weighted by molar-refractivity contribution is 5.66. The molecule has 0 radical (unpaired) electrons. The molecule has 0 saturated heterocycles. The lowest BCUT2D eigenvalue weighted by atomic mass is 10.1. The van der Waals surface area contributed by atoms with Crippen LogP contribution < -0.4 is 4.74 Å². The van der Waals surface area contributed by atoms with Gasteiger partial charge < -0.3 is 9.72 Å². The summed E-state index contributed by atoms with van der Waals surface area (Å²) in [6, 6.07) is 7.91. The molecule has 0 bridgehead atoms. The minimum Gasteiger partial charge on any atom is -0.493 e. The molecular formula is C17H18N2O. The van der Waals surface area contributed by atoms with Gasteiger partial charge in [0, 0.05) is 12.0 Å². The predicted octanol–water partition coefficient (Wildman–Crippen LogP) is 4.14. The fourth-order valence-corrected chi connectivity index (χ4v) is 1.90. The van der Waals surface area contributed by atoms with Gasteiger partial charge in [-0.05, 0) is 17.7 Å². The molecule has 0 aliphatic heterocycles. The second kappa shape index (κ2) is 7.14. The Morgan fingerprint density at radius 2 is 2.15 bits per heavy atom. The summed E-state index contributed by atoms with van der Waals surface area (Å²) < 4.78 is 5.87. The lowest BCUT2D eigenvalue weighted by molar-refractivity contribution is 0.324. The molecule has 0 aliphatic rings. The summed E-state index contributed by atoms with van der Waals surface area (Å²) in [7, 11) is 0. The molecule has 0 unspecified atom stereocenters. The highest BCUT2D eigenvalue weighted by Gasteiger charge is 2.06. The number of benzene rings is 1. The van der Waals surface area contributed by atoms with Gasteiger partial charge in [0.25, 0.3) is 0 Å². The monoisotopic (exact) mass is 266 g/mol. The molecule has 0 atom stereocenters. The summed E-state index contributed by atoms with van der Waals surface area (Å²) in [5.74, 6) is 0.846. The van der Waals surface area contributed by atoms with Crippen LogP contribution in [-0.4, -0.2) is 16.6 Å². The zero-order valence-corrected chi connectivity index (χ0v) is 11.4. The van der Waals surface area contributed by atoms with E-state index >= 15 is 0 Å². The third kappa shape index (κ3) is 3.48. The standard InChI is InChI=1S/C17H18N2O/c1-3-7-14(4-2)10-11-20-17-9-6-5-8-15(17)16-12-18-13-19-16/h3-9,12-13H,1-2,10-11H2,(H,18,19)/b14-7+. The van der Waals surface area contributed by atoms with E-state index in [1.807, 2.05) is 36.4 Å². The van der Waals surface area contributed by atoms with Gasteiger partial charge in [0.2, 0.25) is 0 Å². The Morgan fingerprint density at radius 1 is 1.30 bits per heavy atom. The maximum absolute atomic E-state index is 5.87. The number of nitrogens with zero attached hydrogens (tertiary/aromatic N) is 1. The number of hydrogen-bond acceptors (Lipinski definition) is 2. The maximum Gasteiger partial charge on any atom is 0.128 e. The molecule has 1 heterocycles. The number of nitrogens with one attached hydrogen (secondary N) is 1. The van der Waals surface area contributed by atoms with Crippen LogP contribution in [-0.2, 0) is 0 Å². The Kier molecular flexibility index (Phi) is 4.95. The van der Waals surface area contributed by atoms with E-state index in [-0.39, 0.29) is 0 Å². The molecular weight excluding hydrogens is 248 g/mol. The van der Waals surface area contributed by atoms with Gasteiger partial charge in [-0.1, -0.05) is 43.5 Å². The molecule has 1 aromatic heterocycles. The molecule has 20 heavy (non-hydrogen) atoms. The first-order valence-electron chi connectivity index (χ1n) is 6.49. The number of aromatic amines is 1. The van der Waals surface area contributed by atoms with Crippen molar-refractivity contribution in [1.29, 1.82) is 0 Å². The topological polar surface area (TPSA) is 37.9 Å². The van der Waals surface area contributed by atoms with Crippen LogP contribution in [0.4, 0.5) is 0 Å². The van der Waals surface area contributed by atoms with E-state index in [9.17, 15) is 0 Å². The van der Waals surface area contributed by atoms with Crippen LogP contribution in [0.3, 0.4) is 0 Å². The smallest absolute Gasteiger partial charge is 0.128 e. The quantitative estimate of drug-likeness (QED) is 0.765. The first-order valence-corrected chi connectivity index (χ1v) is 6.49. The van der Waals surface area contributed by atoms with Crippen LogP contribution in [0, 0.1) is 0 Å². The molecule has 3 heteroatoms. The highest BCUT2D eigenvalue weighted by Crippen LogP contribution is 2.28. The second-order valence-corrected chi connectivity index (χ2v) is 4.24. The molecule has 3 nitrogen and oxygen atoms in total. The Labute approximate surface area is 119 Å². The number of aromatic nitrogens is 2. The van der Waals surface area contributed by atoms with Crippen molar-refractivity contribution in [3.05, 3.63) is 73.7 Å². The largest absolute Gasteiger partial charge is 0.493 e. The van der Waals surface area contributed by atoms with Crippen molar-refractivity contribution in [2.45, 2.75) is 6.42 Å². The Bertz CT molecular complexity index is 597. The number of rotatable bonds is 7. The number of imidazole rings is 1. The van der Waals surface area contributed by atoms with Gasteiger partial charge in [0.1, 0.15) is 5.75 Å². The first-order chi connectivity index (χ1) is 9.85. The zero-order valence-electron chi connectivity index (χ0n) is 11.4. The van der Waals surface area contributed by atoms with E-state index in [2.05, 4.69) is 23.1 Å². The van der Waals surface area contributed by atoms with Crippen molar-refractivity contribution in [3.63, 3.8) is 0 Å². The van der Waals surface area contributed by atoms with E-state index in [0.717, 1.165) is 29.0 Å². The molecule has 102 valence electrons. The second-order valence-electron chi connectivity index (χ2n) is 4.24. The summed E-state index contributed by atoms with van der Waals surface area (Å²) in [4.78, 5) is 7.13. The maximum atomic E-state index is 5.87. The van der Waals surface area contributed by atoms with Crippen LogP contribution in [0.25, 0.3) is 11.3 Å². The average Bonchev–Trinajstić information content (AvgIpc) is 3.01. The van der Waals surface area contributed by atoms with Gasteiger partial charge in [-0.25, -0.2) is 4.98 Å². The number of para-hydroxylation sites is 1. The Morgan fingerprint density at radius 3 is 2.85 bits per heavy atom. The van der Waals surface area contributed by atoms with Crippen LogP contribution in [0.2, 0.25) is 0 Å². The summed E-state index contributed by atoms with van der Waals surface area (Å²) in [5, 5.41) is 0. The summed E-state index contributed by atoms with van der Waals surface area (Å²) in [6.45, 7) is 8.06. The van der Waals surface area contributed by atoms with Gasteiger partial charge in [0.15, 0.2) is 0 Å². The van der Waals surface area contributed by atoms with Gasteiger partial charge >= 0.3 is 0 Å². The van der Waals surface area contributed by atoms with Crippen molar-refractivity contribution in [3.8, 4) is 17.0 Å². The third-order valence-electron chi connectivity index (χ3n) is 2.92. The van der Waals surface area contributed by atoms with Crippen molar-refractivity contribution in [1.82, 2.24) is 9.97 Å². The SMILES string of the molecule is C=C/C=C(\C=C)CCOc1ccccc1-c1cnc[nH]1. The molecule has 2 aromatic rings. The fourth-order valence-electron chi connectivity index (χ4n) is 1.90. The van der Waals surface area contributed by atoms with Crippen molar-refractivity contribution < 1.29 is 4.74 Å². The van der Waals surface area contributed by atoms with Crippen molar-refractivity contribution in [2.24, 2.45) is 0 Å². The van der Waals surface area contributed by atoms with Crippen LogP contribution in [0.15, 0.2) is 73.7 Å². The lowest BCUT2D eigenvalue weighted by Crippen LogP contribution is -1.99. The zero-order chi connectivity index (χ0) is 14.2. The molecule has 0 fully saturated rings. The Balaban J connectivity index is 2.05. The molecule has 1 aromatic carbocycles. The highest BCUT2D eigenvalue weighted by atomic mass is 16.5. The van der Waals surface area contributed by atoms with E-state index < -0.39 is 0 Å². The lowest BCUT2D eigenvalue weighted by Gasteiger charge is -2.10. The minimum atomic E-state index is 0.594. The van der Waals surface area contributed by atoms with Gasteiger partial charge in [-0.3, -0.25) is 0 Å².